The Bertz CT molecular complexity index is 1010. The molecular weight excluding hydrogens is 352 g/mol. The van der Waals surface area contributed by atoms with E-state index in [9.17, 15) is 13.2 Å². The van der Waals surface area contributed by atoms with Crippen LogP contribution in [-0.2, 0) is 19.6 Å². The van der Waals surface area contributed by atoms with Crippen LogP contribution < -0.4 is 4.72 Å². The molecule has 1 heterocycles. The number of nitrogens with zero attached hydrogens (tertiary/aromatic N) is 1. The lowest BCUT2D eigenvalue weighted by molar-refractivity contribution is -0.145. The van der Waals surface area contributed by atoms with Gasteiger partial charge in [-0.2, -0.15) is 4.72 Å². The first-order chi connectivity index (χ1) is 12.5. The monoisotopic (exact) mass is 370 g/mol. The predicted molar refractivity (Wildman–Crippen MR) is 97.9 cm³/mol. The van der Waals surface area contributed by atoms with E-state index in [4.69, 9.17) is 4.74 Å². The Labute approximate surface area is 151 Å². The number of hydrogen-bond acceptors (Lipinski definition) is 5. The number of nitrogens with one attached hydrogen (secondary N) is 1. The van der Waals surface area contributed by atoms with Gasteiger partial charge in [0.05, 0.1) is 12.1 Å². The topological polar surface area (TPSA) is 85.4 Å². The van der Waals surface area contributed by atoms with Crippen molar-refractivity contribution in [2.45, 2.75) is 17.9 Å². The number of rotatable bonds is 6. The third-order valence-corrected chi connectivity index (χ3v) is 5.27. The van der Waals surface area contributed by atoms with Crippen LogP contribution in [0.15, 0.2) is 71.8 Å². The van der Waals surface area contributed by atoms with Gasteiger partial charge in [0.2, 0.25) is 10.0 Å². The fourth-order valence-corrected chi connectivity index (χ4v) is 3.99. The van der Waals surface area contributed by atoms with Crippen LogP contribution in [0.4, 0.5) is 0 Å². The molecule has 2 aromatic carbocycles. The number of ether oxygens (including phenoxy) is 1. The lowest BCUT2D eigenvalue weighted by atomic mass is 10.1. The number of carbonyl (C=O) groups is 1. The molecule has 0 fully saturated rings. The molecule has 1 atom stereocenters. The molecule has 1 unspecified atom stereocenters. The van der Waals surface area contributed by atoms with Crippen LogP contribution in [0.2, 0.25) is 0 Å². The van der Waals surface area contributed by atoms with Gasteiger partial charge in [-0.3, -0.25) is 4.98 Å². The fourth-order valence-electron chi connectivity index (χ4n) is 2.64. The van der Waals surface area contributed by atoms with E-state index in [0.29, 0.717) is 16.5 Å². The number of esters is 1. The number of benzene rings is 2. The Kier molecular flexibility index (Phi) is 5.29. The molecule has 26 heavy (non-hydrogen) atoms. The second kappa shape index (κ2) is 7.63. The van der Waals surface area contributed by atoms with Gasteiger partial charge in [0, 0.05) is 11.6 Å². The zero-order chi connectivity index (χ0) is 18.6. The van der Waals surface area contributed by atoms with Crippen molar-refractivity contribution in [1.29, 1.82) is 0 Å². The van der Waals surface area contributed by atoms with Crippen molar-refractivity contribution in [3.8, 4) is 0 Å². The smallest absolute Gasteiger partial charge is 0.328 e. The molecule has 0 aliphatic rings. The quantitative estimate of drug-likeness (QED) is 0.675. The van der Waals surface area contributed by atoms with E-state index in [1.54, 1.807) is 61.5 Å². The molecule has 0 saturated heterocycles. The first kappa shape index (κ1) is 18.0. The predicted octanol–water partition coefficient (Wildman–Crippen LogP) is 2.82. The van der Waals surface area contributed by atoms with E-state index in [-0.39, 0.29) is 11.5 Å². The highest BCUT2D eigenvalue weighted by molar-refractivity contribution is 7.89. The Balaban J connectivity index is 2.03. The summed E-state index contributed by atoms with van der Waals surface area (Å²) >= 11 is 0. The van der Waals surface area contributed by atoms with Crippen LogP contribution >= 0.6 is 0 Å². The van der Waals surface area contributed by atoms with Crippen molar-refractivity contribution >= 4 is 26.9 Å². The number of aromatic nitrogens is 1. The number of para-hydroxylation sites is 1. The second-order valence-electron chi connectivity index (χ2n) is 5.55. The molecule has 0 bridgehead atoms. The van der Waals surface area contributed by atoms with Crippen LogP contribution in [0, 0.1) is 0 Å². The van der Waals surface area contributed by atoms with Crippen LogP contribution in [0.25, 0.3) is 10.9 Å². The van der Waals surface area contributed by atoms with E-state index in [2.05, 4.69) is 9.71 Å². The molecule has 0 aliphatic carbocycles. The van der Waals surface area contributed by atoms with Crippen molar-refractivity contribution < 1.29 is 17.9 Å². The number of carbonyl (C=O) groups excluding carboxylic acids is 1. The van der Waals surface area contributed by atoms with Crippen molar-refractivity contribution in [2.24, 2.45) is 0 Å². The van der Waals surface area contributed by atoms with Gasteiger partial charge in [-0.25, -0.2) is 13.2 Å². The summed E-state index contributed by atoms with van der Waals surface area (Å²) in [5.41, 5.74) is 0.848. The summed E-state index contributed by atoms with van der Waals surface area (Å²) in [6.45, 7) is 1.82. The second-order valence-corrected chi connectivity index (χ2v) is 7.23. The molecule has 0 amide bonds. The van der Waals surface area contributed by atoms with Gasteiger partial charge in [-0.15, -0.1) is 0 Å². The molecule has 1 N–H and O–H groups in total. The van der Waals surface area contributed by atoms with Crippen molar-refractivity contribution in [3.63, 3.8) is 0 Å². The highest BCUT2D eigenvalue weighted by atomic mass is 32.2. The van der Waals surface area contributed by atoms with Gasteiger partial charge in [0.25, 0.3) is 0 Å². The van der Waals surface area contributed by atoms with Gasteiger partial charge < -0.3 is 4.74 Å². The maximum Gasteiger partial charge on any atom is 0.328 e. The molecule has 3 aromatic rings. The van der Waals surface area contributed by atoms with Gasteiger partial charge in [-0.05, 0) is 24.6 Å². The third-order valence-electron chi connectivity index (χ3n) is 3.81. The lowest BCUT2D eigenvalue weighted by Gasteiger charge is -2.18. The minimum atomic E-state index is -4.01. The molecule has 7 heteroatoms. The fraction of sp³-hybridized carbons (Fsp3) is 0.158. The average molecular weight is 370 g/mol. The lowest BCUT2D eigenvalue weighted by Crippen LogP contribution is -2.35. The Morgan fingerprint density at radius 3 is 2.54 bits per heavy atom. The molecule has 6 nitrogen and oxygen atoms in total. The zero-order valence-electron chi connectivity index (χ0n) is 14.1. The summed E-state index contributed by atoms with van der Waals surface area (Å²) in [6, 6.07) is 15.8. The molecule has 3 rings (SSSR count). The van der Waals surface area contributed by atoms with Crippen LogP contribution in [0.1, 0.15) is 18.5 Å². The molecular formula is C19H18N2O4S. The Hall–Kier alpha value is -2.77. The largest absolute Gasteiger partial charge is 0.465 e. The van der Waals surface area contributed by atoms with Gasteiger partial charge in [0.15, 0.2) is 0 Å². The number of hydrogen-bond donors (Lipinski definition) is 1. The number of pyridine rings is 1. The van der Waals surface area contributed by atoms with E-state index >= 15 is 0 Å². The molecule has 0 aliphatic heterocycles. The van der Waals surface area contributed by atoms with Crippen molar-refractivity contribution in [3.05, 3.63) is 72.4 Å². The normalized spacial score (nSPS) is 12.7. The van der Waals surface area contributed by atoms with E-state index in [1.807, 2.05) is 0 Å². The first-order valence-electron chi connectivity index (χ1n) is 8.10. The summed E-state index contributed by atoms with van der Waals surface area (Å²) in [7, 11) is -4.01. The number of sulfonamides is 1. The van der Waals surface area contributed by atoms with E-state index in [0.717, 1.165) is 0 Å². The summed E-state index contributed by atoms with van der Waals surface area (Å²) < 4.78 is 33.5. The standard InChI is InChI=1S/C19H18N2O4S/c1-2-25-19(22)18(15-8-4-3-5-9-15)21-26(23,24)16-12-6-10-14-11-7-13-20-17(14)16/h3-13,18,21H,2H2,1H3. The average Bonchev–Trinajstić information content (AvgIpc) is 2.66. The minimum Gasteiger partial charge on any atom is -0.465 e. The minimum absolute atomic E-state index is 0.0147. The van der Waals surface area contributed by atoms with Gasteiger partial charge >= 0.3 is 5.97 Å². The first-order valence-corrected chi connectivity index (χ1v) is 9.59. The van der Waals surface area contributed by atoms with Gasteiger partial charge in [-0.1, -0.05) is 48.5 Å². The zero-order valence-corrected chi connectivity index (χ0v) is 14.9. The highest BCUT2D eigenvalue weighted by Crippen LogP contribution is 2.23. The van der Waals surface area contributed by atoms with Crippen LogP contribution in [-0.4, -0.2) is 26.0 Å². The van der Waals surface area contributed by atoms with Crippen LogP contribution in [0.5, 0.6) is 0 Å². The maximum absolute atomic E-state index is 13.0. The number of fused-ring (bicyclic) bond motifs is 1. The van der Waals surface area contributed by atoms with Gasteiger partial charge in [0.1, 0.15) is 10.9 Å². The van der Waals surface area contributed by atoms with Crippen molar-refractivity contribution in [2.75, 3.05) is 6.61 Å². The van der Waals surface area contributed by atoms with Crippen molar-refractivity contribution in [1.82, 2.24) is 9.71 Å². The maximum atomic E-state index is 13.0. The van der Waals surface area contributed by atoms with E-state index in [1.165, 1.54) is 12.3 Å². The summed E-state index contributed by atoms with van der Waals surface area (Å²) in [4.78, 5) is 16.5. The summed E-state index contributed by atoms with van der Waals surface area (Å²) in [5.74, 6) is -0.657. The molecule has 0 saturated carbocycles. The Morgan fingerprint density at radius 2 is 1.81 bits per heavy atom. The molecule has 0 spiro atoms. The molecule has 1 aromatic heterocycles. The summed E-state index contributed by atoms with van der Waals surface area (Å²) in [5, 5.41) is 0.697. The molecule has 134 valence electrons. The SMILES string of the molecule is CCOC(=O)C(NS(=O)(=O)c1cccc2cccnc12)c1ccccc1. The highest BCUT2D eigenvalue weighted by Gasteiger charge is 2.29. The third kappa shape index (κ3) is 3.74. The Morgan fingerprint density at radius 1 is 1.08 bits per heavy atom. The summed E-state index contributed by atoms with van der Waals surface area (Å²) in [6.07, 6.45) is 1.53. The van der Waals surface area contributed by atoms with Crippen LogP contribution in [0.3, 0.4) is 0 Å². The molecule has 0 radical (unpaired) electrons. The van der Waals surface area contributed by atoms with E-state index < -0.39 is 22.0 Å².